The van der Waals surface area contributed by atoms with E-state index in [2.05, 4.69) is 50.6 Å². The molecular weight excluding hydrogens is 370 g/mol. The van der Waals surface area contributed by atoms with E-state index in [9.17, 15) is 0 Å². The zero-order valence-corrected chi connectivity index (χ0v) is 18.1. The van der Waals surface area contributed by atoms with Crippen molar-refractivity contribution in [2.45, 2.75) is 33.1 Å². The van der Waals surface area contributed by atoms with Gasteiger partial charge in [-0.25, -0.2) is 4.98 Å². The second-order valence-electron chi connectivity index (χ2n) is 8.74. The van der Waals surface area contributed by atoms with Crippen molar-refractivity contribution >= 4 is 23.1 Å². The van der Waals surface area contributed by atoms with Crippen LogP contribution in [0.15, 0.2) is 30.3 Å². The summed E-state index contributed by atoms with van der Waals surface area (Å²) in [6.45, 7) is 12.8. The topological polar surface area (TPSA) is 36.7 Å². The van der Waals surface area contributed by atoms with Crippen LogP contribution in [0.25, 0.3) is 16.8 Å². The Labute approximate surface area is 171 Å². The predicted octanol–water partition coefficient (Wildman–Crippen LogP) is 4.41. The minimum absolute atomic E-state index is 0.0431. The third-order valence-electron chi connectivity index (χ3n) is 5.47. The van der Waals surface area contributed by atoms with Crippen LogP contribution in [0.2, 0.25) is 5.02 Å². The van der Waals surface area contributed by atoms with E-state index >= 15 is 0 Å². The van der Waals surface area contributed by atoms with Crippen molar-refractivity contribution in [3.8, 4) is 11.1 Å². The Balaban J connectivity index is 1.94. The van der Waals surface area contributed by atoms with Crippen LogP contribution in [0.5, 0.6) is 0 Å². The molecule has 0 bridgehead atoms. The molecule has 28 heavy (non-hydrogen) atoms. The minimum atomic E-state index is -0.0431. The van der Waals surface area contributed by atoms with Crippen LogP contribution in [0.3, 0.4) is 0 Å². The molecule has 5 nitrogen and oxygen atoms in total. The highest BCUT2D eigenvalue weighted by Gasteiger charge is 2.25. The largest absolute Gasteiger partial charge is 0.354 e. The SMILES string of the molecule is Cc1nn2c(N3CCN(C)CC3)cc(C(C)(C)C)nc2c1-c1ccc(Cl)cc1. The fourth-order valence-corrected chi connectivity index (χ4v) is 3.83. The van der Waals surface area contributed by atoms with E-state index in [1.807, 2.05) is 28.8 Å². The molecule has 3 heterocycles. The van der Waals surface area contributed by atoms with E-state index in [-0.39, 0.29) is 5.41 Å². The fraction of sp³-hybridized carbons (Fsp3) is 0.455. The molecule has 1 fully saturated rings. The first-order valence-electron chi connectivity index (χ1n) is 9.84. The first kappa shape index (κ1) is 19.2. The van der Waals surface area contributed by atoms with Gasteiger partial charge in [-0.15, -0.1) is 0 Å². The Morgan fingerprint density at radius 1 is 1.00 bits per heavy atom. The van der Waals surface area contributed by atoms with Gasteiger partial charge in [0.15, 0.2) is 5.65 Å². The number of halogens is 1. The third-order valence-corrected chi connectivity index (χ3v) is 5.73. The van der Waals surface area contributed by atoms with Crippen LogP contribution in [-0.2, 0) is 5.41 Å². The molecule has 0 spiro atoms. The van der Waals surface area contributed by atoms with Gasteiger partial charge in [-0.1, -0.05) is 44.5 Å². The number of likely N-dealkylation sites (N-methyl/N-ethyl adjacent to an activating group) is 1. The van der Waals surface area contributed by atoms with Gasteiger partial charge < -0.3 is 9.80 Å². The van der Waals surface area contributed by atoms with Crippen LogP contribution in [0.1, 0.15) is 32.2 Å². The average molecular weight is 398 g/mol. The first-order chi connectivity index (χ1) is 13.2. The fourth-order valence-electron chi connectivity index (χ4n) is 3.71. The van der Waals surface area contributed by atoms with Gasteiger partial charge in [0.25, 0.3) is 0 Å². The van der Waals surface area contributed by atoms with E-state index in [0.29, 0.717) is 0 Å². The van der Waals surface area contributed by atoms with Crippen molar-refractivity contribution in [3.63, 3.8) is 0 Å². The maximum Gasteiger partial charge on any atom is 0.165 e. The van der Waals surface area contributed by atoms with E-state index in [0.717, 1.165) is 65.2 Å². The van der Waals surface area contributed by atoms with Crippen molar-refractivity contribution in [1.82, 2.24) is 19.5 Å². The number of benzene rings is 1. The normalized spacial score (nSPS) is 16.1. The summed E-state index contributed by atoms with van der Waals surface area (Å²) in [5, 5.41) is 5.63. The van der Waals surface area contributed by atoms with Crippen molar-refractivity contribution in [3.05, 3.63) is 46.7 Å². The third kappa shape index (κ3) is 3.49. The monoisotopic (exact) mass is 397 g/mol. The molecule has 148 valence electrons. The zero-order chi connectivity index (χ0) is 20.1. The molecule has 0 saturated carbocycles. The number of piperazine rings is 1. The molecule has 1 saturated heterocycles. The van der Waals surface area contributed by atoms with Gasteiger partial charge >= 0.3 is 0 Å². The summed E-state index contributed by atoms with van der Waals surface area (Å²) >= 11 is 6.11. The molecule has 1 aliphatic heterocycles. The molecule has 0 amide bonds. The summed E-state index contributed by atoms with van der Waals surface area (Å²) in [5.41, 5.74) is 5.12. The Kier molecular flexibility index (Phi) is 4.84. The maximum atomic E-state index is 6.11. The molecule has 6 heteroatoms. The van der Waals surface area contributed by atoms with Gasteiger partial charge in [0.1, 0.15) is 5.82 Å². The van der Waals surface area contributed by atoms with Gasteiger partial charge in [-0.2, -0.15) is 9.61 Å². The number of anilines is 1. The van der Waals surface area contributed by atoms with Gasteiger partial charge in [0, 0.05) is 48.2 Å². The number of aryl methyl sites for hydroxylation is 1. The highest BCUT2D eigenvalue weighted by atomic mass is 35.5. The van der Waals surface area contributed by atoms with Crippen LogP contribution in [0.4, 0.5) is 5.82 Å². The van der Waals surface area contributed by atoms with Crippen LogP contribution < -0.4 is 4.90 Å². The van der Waals surface area contributed by atoms with E-state index in [4.69, 9.17) is 21.7 Å². The number of fused-ring (bicyclic) bond motifs is 1. The quantitative estimate of drug-likeness (QED) is 0.641. The molecule has 0 radical (unpaired) electrons. The van der Waals surface area contributed by atoms with Crippen LogP contribution >= 0.6 is 11.6 Å². The molecule has 1 aromatic carbocycles. The van der Waals surface area contributed by atoms with Gasteiger partial charge in [-0.05, 0) is 31.7 Å². The lowest BCUT2D eigenvalue weighted by atomic mass is 9.91. The highest BCUT2D eigenvalue weighted by molar-refractivity contribution is 6.30. The number of hydrogen-bond acceptors (Lipinski definition) is 4. The molecule has 0 aliphatic carbocycles. The summed E-state index contributed by atoms with van der Waals surface area (Å²) < 4.78 is 2.03. The molecular formula is C22H28ClN5. The Hall–Kier alpha value is -2.11. The van der Waals surface area contributed by atoms with Gasteiger partial charge in [0.2, 0.25) is 0 Å². The Bertz CT molecular complexity index is 992. The number of hydrogen-bond donors (Lipinski definition) is 0. The summed E-state index contributed by atoms with van der Waals surface area (Å²) in [5.74, 6) is 1.13. The van der Waals surface area contributed by atoms with Gasteiger partial charge in [0.05, 0.1) is 11.4 Å². The van der Waals surface area contributed by atoms with Crippen molar-refractivity contribution in [1.29, 1.82) is 0 Å². The Morgan fingerprint density at radius 3 is 2.25 bits per heavy atom. The Morgan fingerprint density at radius 2 is 1.64 bits per heavy atom. The molecule has 2 aromatic heterocycles. The highest BCUT2D eigenvalue weighted by Crippen LogP contribution is 2.33. The average Bonchev–Trinajstić information content (AvgIpc) is 2.97. The lowest BCUT2D eigenvalue weighted by molar-refractivity contribution is 0.311. The van der Waals surface area contributed by atoms with Crippen LogP contribution in [-0.4, -0.2) is 52.7 Å². The molecule has 4 rings (SSSR count). The lowest BCUT2D eigenvalue weighted by Crippen LogP contribution is -2.45. The van der Waals surface area contributed by atoms with E-state index < -0.39 is 0 Å². The summed E-state index contributed by atoms with van der Waals surface area (Å²) in [4.78, 5) is 9.87. The van der Waals surface area contributed by atoms with Crippen LogP contribution in [0, 0.1) is 6.92 Å². The van der Waals surface area contributed by atoms with Crippen molar-refractivity contribution in [2.24, 2.45) is 0 Å². The van der Waals surface area contributed by atoms with E-state index in [1.165, 1.54) is 0 Å². The molecule has 0 unspecified atom stereocenters. The summed E-state index contributed by atoms with van der Waals surface area (Å²) in [6, 6.07) is 10.2. The van der Waals surface area contributed by atoms with Crippen molar-refractivity contribution < 1.29 is 0 Å². The molecule has 0 atom stereocenters. The standard InChI is InChI=1S/C22H28ClN5/c1-15-20(16-6-8-17(23)9-7-16)21-24-18(22(2,3)4)14-19(28(21)25-15)27-12-10-26(5)11-13-27/h6-9,14H,10-13H2,1-5H3. The molecule has 1 aliphatic rings. The number of aromatic nitrogens is 3. The number of nitrogens with zero attached hydrogens (tertiary/aromatic N) is 5. The second kappa shape index (κ2) is 7.05. The molecule has 0 N–H and O–H groups in total. The van der Waals surface area contributed by atoms with E-state index in [1.54, 1.807) is 0 Å². The summed E-state index contributed by atoms with van der Waals surface area (Å²) in [7, 11) is 2.18. The second-order valence-corrected chi connectivity index (χ2v) is 9.18. The first-order valence-corrected chi connectivity index (χ1v) is 10.2. The maximum absolute atomic E-state index is 6.11. The minimum Gasteiger partial charge on any atom is -0.354 e. The van der Waals surface area contributed by atoms with Crippen molar-refractivity contribution in [2.75, 3.05) is 38.1 Å². The number of rotatable bonds is 2. The lowest BCUT2D eigenvalue weighted by Gasteiger charge is -2.34. The predicted molar refractivity (Wildman–Crippen MR) is 117 cm³/mol. The van der Waals surface area contributed by atoms with Gasteiger partial charge in [-0.3, -0.25) is 0 Å². The smallest absolute Gasteiger partial charge is 0.165 e. The summed E-state index contributed by atoms with van der Waals surface area (Å²) in [6.07, 6.45) is 0. The zero-order valence-electron chi connectivity index (χ0n) is 17.3. The molecule has 3 aromatic rings.